The summed E-state index contributed by atoms with van der Waals surface area (Å²) in [5.74, 6) is -2.13. The zero-order valence-corrected chi connectivity index (χ0v) is 20.0. The molecule has 0 aromatic rings. The fourth-order valence-corrected chi connectivity index (χ4v) is 3.32. The Hall–Kier alpha value is -2.38. The molecule has 0 bridgehead atoms. The van der Waals surface area contributed by atoms with E-state index in [1.54, 1.807) is 12.2 Å². The summed E-state index contributed by atoms with van der Waals surface area (Å²) in [7, 11) is 0. The first-order valence-electron chi connectivity index (χ1n) is 11.6. The molecule has 0 saturated heterocycles. The lowest BCUT2D eigenvalue weighted by Crippen LogP contribution is -2.33. The van der Waals surface area contributed by atoms with Gasteiger partial charge < -0.3 is 19.3 Å². The number of carbonyl (C=O) groups is 4. The molecule has 1 N–H and O–H groups in total. The van der Waals surface area contributed by atoms with Crippen molar-refractivity contribution in [2.45, 2.75) is 117 Å². The van der Waals surface area contributed by atoms with Crippen molar-refractivity contribution in [3.05, 3.63) is 12.2 Å². The Morgan fingerprint density at radius 3 is 1.84 bits per heavy atom. The van der Waals surface area contributed by atoms with Crippen LogP contribution in [0.3, 0.4) is 0 Å². The Morgan fingerprint density at radius 1 is 0.719 bits per heavy atom. The van der Waals surface area contributed by atoms with Crippen LogP contribution in [-0.4, -0.2) is 47.3 Å². The van der Waals surface area contributed by atoms with Crippen LogP contribution in [0.1, 0.15) is 98.3 Å². The maximum atomic E-state index is 11.6. The fourth-order valence-electron chi connectivity index (χ4n) is 3.32. The number of esters is 3. The summed E-state index contributed by atoms with van der Waals surface area (Å²) < 4.78 is 16.2. The second-order valence-corrected chi connectivity index (χ2v) is 7.95. The maximum Gasteiger partial charge on any atom is 0.303 e. The largest absolute Gasteiger partial charge is 0.481 e. The highest BCUT2D eigenvalue weighted by Crippen LogP contribution is 2.18. The third kappa shape index (κ3) is 17.3. The van der Waals surface area contributed by atoms with E-state index in [2.05, 4.69) is 6.92 Å². The van der Waals surface area contributed by atoms with Crippen LogP contribution >= 0.6 is 0 Å². The Bertz CT molecular complexity index is 599. The van der Waals surface area contributed by atoms with Crippen molar-refractivity contribution in [2.24, 2.45) is 0 Å². The Kier molecular flexibility index (Phi) is 16.9. The van der Waals surface area contributed by atoms with Gasteiger partial charge in [0.1, 0.15) is 12.2 Å². The van der Waals surface area contributed by atoms with Crippen molar-refractivity contribution in [3.63, 3.8) is 0 Å². The smallest absolute Gasteiger partial charge is 0.303 e. The first-order valence-corrected chi connectivity index (χ1v) is 11.6. The molecule has 0 heterocycles. The zero-order valence-electron chi connectivity index (χ0n) is 20.0. The number of hydrogen-bond donors (Lipinski definition) is 1. The van der Waals surface area contributed by atoms with E-state index in [1.807, 2.05) is 0 Å². The van der Waals surface area contributed by atoms with Crippen molar-refractivity contribution in [1.29, 1.82) is 0 Å². The molecule has 0 aliphatic carbocycles. The molecular formula is C24H40O8. The van der Waals surface area contributed by atoms with E-state index in [0.29, 0.717) is 19.3 Å². The summed E-state index contributed by atoms with van der Waals surface area (Å²) in [4.78, 5) is 45.2. The minimum atomic E-state index is -0.783. The third-order valence-corrected chi connectivity index (χ3v) is 4.79. The van der Waals surface area contributed by atoms with Gasteiger partial charge in [-0.25, -0.2) is 0 Å². The Labute approximate surface area is 191 Å². The standard InChI is InChI=1S/C24H40O8/c1-5-6-10-14-22(31-19(3)26)23(32-20(4)27)17-16-21(30-18(2)25)13-11-8-7-9-12-15-24(28)29/h16-17,21-23H,5-15H2,1-4H3,(H,28,29)/t21-,22-,23-/m0/s1. The topological polar surface area (TPSA) is 116 Å². The van der Waals surface area contributed by atoms with Gasteiger partial charge in [0.05, 0.1) is 0 Å². The second kappa shape index (κ2) is 18.2. The summed E-state index contributed by atoms with van der Waals surface area (Å²) >= 11 is 0. The van der Waals surface area contributed by atoms with Crippen LogP contribution in [0, 0.1) is 0 Å². The van der Waals surface area contributed by atoms with Crippen molar-refractivity contribution in [2.75, 3.05) is 0 Å². The average Bonchev–Trinajstić information content (AvgIpc) is 2.68. The van der Waals surface area contributed by atoms with Crippen LogP contribution in [0.5, 0.6) is 0 Å². The van der Waals surface area contributed by atoms with Crippen LogP contribution in [0.4, 0.5) is 0 Å². The summed E-state index contributed by atoms with van der Waals surface area (Å²) in [6, 6.07) is 0. The predicted molar refractivity (Wildman–Crippen MR) is 120 cm³/mol. The summed E-state index contributed by atoms with van der Waals surface area (Å²) in [5.41, 5.74) is 0. The van der Waals surface area contributed by atoms with Gasteiger partial charge in [0.2, 0.25) is 0 Å². The molecule has 0 aliphatic rings. The third-order valence-electron chi connectivity index (χ3n) is 4.79. The van der Waals surface area contributed by atoms with Crippen molar-refractivity contribution >= 4 is 23.9 Å². The van der Waals surface area contributed by atoms with E-state index >= 15 is 0 Å². The van der Waals surface area contributed by atoms with E-state index in [4.69, 9.17) is 19.3 Å². The molecule has 0 saturated carbocycles. The molecule has 0 unspecified atom stereocenters. The van der Waals surface area contributed by atoms with Gasteiger partial charge in [-0.1, -0.05) is 39.0 Å². The molecule has 0 spiro atoms. The molecule has 0 fully saturated rings. The highest BCUT2D eigenvalue weighted by Gasteiger charge is 2.25. The van der Waals surface area contributed by atoms with Crippen LogP contribution in [0.15, 0.2) is 12.2 Å². The number of rotatable bonds is 18. The van der Waals surface area contributed by atoms with Crippen LogP contribution in [-0.2, 0) is 33.4 Å². The molecule has 0 radical (unpaired) electrons. The van der Waals surface area contributed by atoms with Gasteiger partial charge in [0.25, 0.3) is 0 Å². The minimum absolute atomic E-state index is 0.179. The van der Waals surface area contributed by atoms with E-state index in [-0.39, 0.29) is 6.42 Å². The monoisotopic (exact) mass is 456 g/mol. The molecule has 8 nitrogen and oxygen atoms in total. The first kappa shape index (κ1) is 29.6. The summed E-state index contributed by atoms with van der Waals surface area (Å²) in [6.45, 7) is 6.02. The molecule has 0 rings (SSSR count). The van der Waals surface area contributed by atoms with Crippen molar-refractivity contribution < 1.29 is 38.5 Å². The molecule has 32 heavy (non-hydrogen) atoms. The van der Waals surface area contributed by atoms with Crippen LogP contribution in [0.2, 0.25) is 0 Å². The lowest BCUT2D eigenvalue weighted by molar-refractivity contribution is -0.162. The molecular weight excluding hydrogens is 416 g/mol. The lowest BCUT2D eigenvalue weighted by atomic mass is 10.0. The van der Waals surface area contributed by atoms with Gasteiger partial charge in [0, 0.05) is 27.2 Å². The van der Waals surface area contributed by atoms with Gasteiger partial charge >= 0.3 is 23.9 Å². The lowest BCUT2D eigenvalue weighted by Gasteiger charge is -2.24. The average molecular weight is 457 g/mol. The molecule has 8 heteroatoms. The van der Waals surface area contributed by atoms with Gasteiger partial charge in [-0.2, -0.15) is 0 Å². The Balaban J connectivity index is 5.01. The predicted octanol–water partition coefficient (Wildman–Crippen LogP) is 4.73. The molecule has 184 valence electrons. The Morgan fingerprint density at radius 2 is 1.28 bits per heavy atom. The molecule has 0 aliphatic heterocycles. The van der Waals surface area contributed by atoms with E-state index in [9.17, 15) is 19.2 Å². The van der Waals surface area contributed by atoms with Crippen LogP contribution in [0.25, 0.3) is 0 Å². The van der Waals surface area contributed by atoms with E-state index in [1.165, 1.54) is 20.8 Å². The molecule has 3 atom stereocenters. The van der Waals surface area contributed by atoms with Gasteiger partial charge in [-0.15, -0.1) is 0 Å². The second-order valence-electron chi connectivity index (χ2n) is 7.95. The quantitative estimate of drug-likeness (QED) is 0.136. The van der Waals surface area contributed by atoms with Gasteiger partial charge in [0.15, 0.2) is 6.10 Å². The number of carboxylic acids is 1. The van der Waals surface area contributed by atoms with E-state index in [0.717, 1.165) is 44.9 Å². The summed E-state index contributed by atoms with van der Waals surface area (Å²) in [5, 5.41) is 8.66. The normalized spacial score (nSPS) is 13.9. The maximum absolute atomic E-state index is 11.6. The fraction of sp³-hybridized carbons (Fsp3) is 0.750. The molecule has 0 aromatic heterocycles. The minimum Gasteiger partial charge on any atom is -0.481 e. The number of hydrogen-bond acceptors (Lipinski definition) is 7. The number of carbonyl (C=O) groups excluding carboxylic acids is 3. The van der Waals surface area contributed by atoms with E-state index < -0.39 is 42.2 Å². The SMILES string of the molecule is CCCCC[C@H](OC(C)=O)[C@H](C=C[C@H](CCCCCCCC(=O)O)OC(C)=O)OC(C)=O. The summed E-state index contributed by atoms with van der Waals surface area (Å²) in [6.07, 6.45) is 9.72. The van der Waals surface area contributed by atoms with Crippen molar-refractivity contribution in [3.8, 4) is 0 Å². The molecule has 0 aromatic carbocycles. The number of ether oxygens (including phenoxy) is 3. The van der Waals surface area contributed by atoms with Gasteiger partial charge in [-0.3, -0.25) is 19.2 Å². The zero-order chi connectivity index (χ0) is 24.4. The van der Waals surface area contributed by atoms with Crippen LogP contribution < -0.4 is 0 Å². The highest BCUT2D eigenvalue weighted by atomic mass is 16.6. The number of carboxylic acid groups (broad SMARTS) is 1. The first-order chi connectivity index (χ1) is 15.1. The molecule has 0 amide bonds. The van der Waals surface area contributed by atoms with Crippen molar-refractivity contribution in [1.82, 2.24) is 0 Å². The van der Waals surface area contributed by atoms with Gasteiger partial charge in [-0.05, 0) is 44.3 Å². The highest BCUT2D eigenvalue weighted by molar-refractivity contribution is 5.68. The number of unbranched alkanes of at least 4 members (excludes halogenated alkanes) is 6. The number of aliphatic carboxylic acids is 1.